The van der Waals surface area contributed by atoms with E-state index >= 15 is 0 Å². The maximum atomic E-state index is 13.1. The third-order valence-corrected chi connectivity index (χ3v) is 6.72. The van der Waals surface area contributed by atoms with E-state index in [0.29, 0.717) is 18.0 Å². The minimum absolute atomic E-state index is 0.0273. The van der Waals surface area contributed by atoms with Crippen molar-refractivity contribution in [2.45, 2.75) is 43.4 Å². The molecule has 126 valence electrons. The number of rotatable bonds is 2. The lowest BCUT2D eigenvalue weighted by Gasteiger charge is -2.22. The number of fused-ring (bicyclic) bond motifs is 2. The molecule has 4 nitrogen and oxygen atoms in total. The van der Waals surface area contributed by atoms with E-state index in [9.17, 15) is 8.42 Å². The minimum atomic E-state index is -3.53. The largest absolute Gasteiger partial charge is 0.368 e. The number of aryl methyl sites for hydroxylation is 2. The summed E-state index contributed by atoms with van der Waals surface area (Å²) in [6.45, 7) is 2.78. The van der Waals surface area contributed by atoms with Crippen molar-refractivity contribution in [1.29, 1.82) is 0 Å². The molecule has 2 aromatic rings. The van der Waals surface area contributed by atoms with Gasteiger partial charge in [0.2, 0.25) is 10.0 Å². The smallest absolute Gasteiger partial charge is 0.243 e. The Hall–Kier alpha value is -1.69. The topological polar surface area (TPSA) is 49.9 Å². The average molecular weight is 343 g/mol. The molecule has 0 saturated carbocycles. The number of hydrogen-bond donors (Lipinski definition) is 0. The van der Waals surface area contributed by atoms with E-state index in [1.165, 1.54) is 5.56 Å². The second-order valence-electron chi connectivity index (χ2n) is 6.63. The highest BCUT2D eigenvalue weighted by Gasteiger charge is 2.42. The van der Waals surface area contributed by atoms with Gasteiger partial charge in [-0.05, 0) is 43.0 Å². The van der Waals surface area contributed by atoms with Crippen molar-refractivity contribution in [3.63, 3.8) is 0 Å². The molecule has 0 amide bonds. The van der Waals surface area contributed by atoms with Crippen molar-refractivity contribution in [3.05, 3.63) is 65.2 Å². The zero-order chi connectivity index (χ0) is 16.7. The van der Waals surface area contributed by atoms with Gasteiger partial charge < -0.3 is 4.74 Å². The molecule has 24 heavy (non-hydrogen) atoms. The predicted molar refractivity (Wildman–Crippen MR) is 92.2 cm³/mol. The first kappa shape index (κ1) is 15.8. The van der Waals surface area contributed by atoms with Crippen LogP contribution in [0.2, 0.25) is 0 Å². The van der Waals surface area contributed by atoms with Gasteiger partial charge in [-0.3, -0.25) is 0 Å². The summed E-state index contributed by atoms with van der Waals surface area (Å²) in [5.74, 6) is 0. The molecule has 1 fully saturated rings. The SMILES string of the molecule is Cc1ccc(S(=O)(=O)N2Cc3ccccc3CC[C@H]3O[C@@H]3C2)cc1. The second kappa shape index (κ2) is 5.99. The molecule has 5 heteroatoms. The molecule has 2 aromatic carbocycles. The van der Waals surface area contributed by atoms with Crippen molar-refractivity contribution < 1.29 is 13.2 Å². The van der Waals surface area contributed by atoms with Crippen LogP contribution >= 0.6 is 0 Å². The number of benzene rings is 2. The highest BCUT2D eigenvalue weighted by Crippen LogP contribution is 2.33. The monoisotopic (exact) mass is 343 g/mol. The van der Waals surface area contributed by atoms with Gasteiger partial charge in [0, 0.05) is 13.1 Å². The highest BCUT2D eigenvalue weighted by molar-refractivity contribution is 7.89. The number of nitrogens with zero attached hydrogens (tertiary/aromatic N) is 1. The van der Waals surface area contributed by atoms with Crippen molar-refractivity contribution in [2.75, 3.05) is 6.54 Å². The highest BCUT2D eigenvalue weighted by atomic mass is 32.2. The summed E-state index contributed by atoms with van der Waals surface area (Å²) in [7, 11) is -3.53. The quantitative estimate of drug-likeness (QED) is 0.788. The van der Waals surface area contributed by atoms with Crippen LogP contribution in [0, 0.1) is 6.92 Å². The first-order valence-corrected chi connectivity index (χ1v) is 9.77. The van der Waals surface area contributed by atoms with Gasteiger partial charge in [-0.1, -0.05) is 42.0 Å². The number of epoxide rings is 1. The number of ether oxygens (including phenoxy) is 1. The maximum Gasteiger partial charge on any atom is 0.243 e. The molecule has 2 heterocycles. The number of hydrogen-bond acceptors (Lipinski definition) is 3. The zero-order valence-electron chi connectivity index (χ0n) is 13.7. The molecule has 0 spiro atoms. The summed E-state index contributed by atoms with van der Waals surface area (Å²) >= 11 is 0. The van der Waals surface area contributed by atoms with Crippen molar-refractivity contribution in [2.24, 2.45) is 0 Å². The molecular weight excluding hydrogens is 322 g/mol. The lowest BCUT2D eigenvalue weighted by Crippen LogP contribution is -2.34. The van der Waals surface area contributed by atoms with Crippen LogP contribution in [-0.4, -0.2) is 31.5 Å². The minimum Gasteiger partial charge on any atom is -0.368 e. The van der Waals surface area contributed by atoms with Crippen molar-refractivity contribution in [1.82, 2.24) is 4.31 Å². The normalized spacial score (nSPS) is 24.2. The Bertz CT molecular complexity index is 845. The lowest BCUT2D eigenvalue weighted by atomic mass is 10.0. The van der Waals surface area contributed by atoms with E-state index in [0.717, 1.165) is 24.0 Å². The first-order valence-electron chi connectivity index (χ1n) is 8.33. The third-order valence-electron chi connectivity index (χ3n) is 4.89. The van der Waals surface area contributed by atoms with Crippen LogP contribution in [-0.2, 0) is 27.7 Å². The Morgan fingerprint density at radius 1 is 1.00 bits per heavy atom. The summed E-state index contributed by atoms with van der Waals surface area (Å²) in [5.41, 5.74) is 3.36. The van der Waals surface area contributed by atoms with Crippen LogP contribution in [0.1, 0.15) is 23.1 Å². The van der Waals surface area contributed by atoms with Crippen LogP contribution in [0.15, 0.2) is 53.4 Å². The zero-order valence-corrected chi connectivity index (χ0v) is 14.5. The van der Waals surface area contributed by atoms with Crippen LogP contribution in [0.25, 0.3) is 0 Å². The summed E-state index contributed by atoms with van der Waals surface area (Å²) in [6, 6.07) is 15.2. The van der Waals surface area contributed by atoms with E-state index < -0.39 is 10.0 Å². The predicted octanol–water partition coefficient (Wildman–Crippen LogP) is 2.90. The van der Waals surface area contributed by atoms with Crippen molar-refractivity contribution >= 4 is 10.0 Å². The van der Waals surface area contributed by atoms with Crippen molar-refractivity contribution in [3.8, 4) is 0 Å². The molecule has 2 atom stereocenters. The van der Waals surface area contributed by atoms with E-state index in [-0.39, 0.29) is 12.2 Å². The molecule has 2 aliphatic rings. The number of sulfonamides is 1. The fourth-order valence-corrected chi connectivity index (χ4v) is 4.78. The molecule has 0 aromatic heterocycles. The van der Waals surface area contributed by atoms with Crippen LogP contribution in [0.5, 0.6) is 0 Å². The summed E-state index contributed by atoms with van der Waals surface area (Å²) in [5, 5.41) is 0. The molecule has 1 saturated heterocycles. The van der Waals surface area contributed by atoms with E-state index in [1.807, 2.05) is 37.3 Å². The molecule has 0 N–H and O–H groups in total. The first-order chi connectivity index (χ1) is 11.5. The van der Waals surface area contributed by atoms with Gasteiger partial charge in [-0.25, -0.2) is 8.42 Å². The molecule has 4 rings (SSSR count). The molecule has 0 aliphatic carbocycles. The lowest BCUT2D eigenvalue weighted by molar-refractivity contribution is 0.314. The summed E-state index contributed by atoms with van der Waals surface area (Å²) in [6.07, 6.45) is 2.11. The van der Waals surface area contributed by atoms with Gasteiger partial charge >= 0.3 is 0 Å². The van der Waals surface area contributed by atoms with E-state index in [4.69, 9.17) is 4.74 Å². The standard InChI is InChI=1S/C19H21NO3S/c1-14-6-9-17(10-7-14)24(21,22)20-12-16-5-3-2-4-15(16)8-11-18-19(13-20)23-18/h2-7,9-10,18-19H,8,11-13H2,1H3/t18-,19-/m1/s1. The molecular formula is C19H21NO3S. The Morgan fingerprint density at radius 2 is 1.71 bits per heavy atom. The summed E-state index contributed by atoms with van der Waals surface area (Å²) in [4.78, 5) is 0.349. The van der Waals surface area contributed by atoms with Crippen LogP contribution in [0.4, 0.5) is 0 Å². The molecule has 2 aliphatic heterocycles. The van der Waals surface area contributed by atoms with E-state index in [1.54, 1.807) is 16.4 Å². The van der Waals surface area contributed by atoms with Gasteiger partial charge in [0.15, 0.2) is 0 Å². The molecule has 0 bridgehead atoms. The Kier molecular flexibility index (Phi) is 3.95. The van der Waals surface area contributed by atoms with Gasteiger partial charge in [-0.15, -0.1) is 0 Å². The molecule has 0 radical (unpaired) electrons. The fraction of sp³-hybridized carbons (Fsp3) is 0.368. The molecule has 0 unspecified atom stereocenters. The van der Waals surface area contributed by atoms with Gasteiger partial charge in [0.05, 0.1) is 17.1 Å². The Balaban J connectivity index is 1.71. The Morgan fingerprint density at radius 3 is 2.46 bits per heavy atom. The average Bonchev–Trinajstić information content (AvgIpc) is 3.31. The second-order valence-corrected chi connectivity index (χ2v) is 8.57. The van der Waals surface area contributed by atoms with Gasteiger partial charge in [0.1, 0.15) is 0 Å². The Labute approximate surface area is 143 Å². The summed E-state index contributed by atoms with van der Waals surface area (Å²) < 4.78 is 33.5. The maximum absolute atomic E-state index is 13.1. The van der Waals surface area contributed by atoms with Gasteiger partial charge in [-0.2, -0.15) is 4.31 Å². The van der Waals surface area contributed by atoms with Gasteiger partial charge in [0.25, 0.3) is 0 Å². The fourth-order valence-electron chi connectivity index (χ4n) is 3.34. The van der Waals surface area contributed by atoms with E-state index in [2.05, 4.69) is 6.07 Å². The van der Waals surface area contributed by atoms with Crippen LogP contribution in [0.3, 0.4) is 0 Å². The third kappa shape index (κ3) is 2.99. The van der Waals surface area contributed by atoms with Crippen LogP contribution < -0.4 is 0 Å².